The van der Waals surface area contributed by atoms with Crippen LogP contribution < -0.4 is 4.90 Å². The third-order valence-corrected chi connectivity index (χ3v) is 2.55. The van der Waals surface area contributed by atoms with Crippen LogP contribution in [0.15, 0.2) is 18.5 Å². The highest BCUT2D eigenvalue weighted by Crippen LogP contribution is 2.02. The van der Waals surface area contributed by atoms with E-state index in [1.807, 2.05) is 0 Å². The molecule has 7 heteroatoms. The summed E-state index contributed by atoms with van der Waals surface area (Å²) in [5.74, 6) is -0.151. The van der Waals surface area contributed by atoms with Crippen molar-refractivity contribution in [1.82, 2.24) is 14.9 Å². The van der Waals surface area contributed by atoms with E-state index in [1.54, 1.807) is 37.3 Å². The van der Waals surface area contributed by atoms with E-state index in [1.165, 1.54) is 12.0 Å². The molecule has 1 rings (SSSR count). The average Bonchev–Trinajstić information content (AvgIpc) is 2.45. The van der Waals surface area contributed by atoms with Crippen molar-refractivity contribution < 1.29 is 14.3 Å². The number of aromatic nitrogens is 2. The molecule has 0 aliphatic heterocycles. The molecule has 0 spiro atoms. The van der Waals surface area contributed by atoms with Crippen LogP contribution in [0.1, 0.15) is 6.92 Å². The molecule has 0 aliphatic carbocycles. The van der Waals surface area contributed by atoms with E-state index >= 15 is 0 Å². The van der Waals surface area contributed by atoms with Crippen LogP contribution in [0, 0.1) is 0 Å². The van der Waals surface area contributed by atoms with Crippen molar-refractivity contribution in [3.63, 3.8) is 0 Å². The fraction of sp³-hybridized carbons (Fsp3) is 0.500. The first-order valence-corrected chi connectivity index (χ1v) is 5.91. The van der Waals surface area contributed by atoms with Gasteiger partial charge in [-0.2, -0.15) is 0 Å². The Hall–Kier alpha value is -2.18. The molecule has 0 radical (unpaired) electrons. The van der Waals surface area contributed by atoms with E-state index in [-0.39, 0.29) is 19.0 Å². The minimum atomic E-state index is -0.436. The highest BCUT2D eigenvalue weighted by Gasteiger charge is 2.18. The van der Waals surface area contributed by atoms with Crippen molar-refractivity contribution in [2.75, 3.05) is 38.7 Å². The first-order valence-electron chi connectivity index (χ1n) is 5.91. The van der Waals surface area contributed by atoms with Gasteiger partial charge >= 0.3 is 5.97 Å². The van der Waals surface area contributed by atoms with Gasteiger partial charge in [-0.1, -0.05) is 0 Å². The number of carbonyl (C=O) groups excluding carboxylic acids is 2. The van der Waals surface area contributed by atoms with Gasteiger partial charge in [-0.05, 0) is 13.0 Å². The van der Waals surface area contributed by atoms with Gasteiger partial charge in [0.15, 0.2) is 0 Å². The van der Waals surface area contributed by atoms with Crippen LogP contribution >= 0.6 is 0 Å². The van der Waals surface area contributed by atoms with E-state index in [4.69, 9.17) is 0 Å². The monoisotopic (exact) mass is 266 g/mol. The number of esters is 1. The second kappa shape index (κ2) is 7.30. The third-order valence-electron chi connectivity index (χ3n) is 2.55. The van der Waals surface area contributed by atoms with Crippen LogP contribution in [0.4, 0.5) is 5.95 Å². The Bertz CT molecular complexity index is 424. The lowest BCUT2D eigenvalue weighted by Gasteiger charge is -2.23. The summed E-state index contributed by atoms with van der Waals surface area (Å²) in [5.41, 5.74) is 0. The summed E-state index contributed by atoms with van der Waals surface area (Å²) >= 11 is 0. The molecule has 1 aromatic heterocycles. The zero-order valence-electron chi connectivity index (χ0n) is 11.4. The molecule has 1 amide bonds. The predicted molar refractivity (Wildman–Crippen MR) is 69.6 cm³/mol. The van der Waals surface area contributed by atoms with Gasteiger partial charge in [-0.15, -0.1) is 0 Å². The van der Waals surface area contributed by atoms with Crippen LogP contribution in [-0.2, 0) is 14.3 Å². The number of carbonyl (C=O) groups is 2. The number of likely N-dealkylation sites (N-methyl/N-ethyl adjacent to an activating group) is 2. The zero-order chi connectivity index (χ0) is 14.3. The van der Waals surface area contributed by atoms with Crippen molar-refractivity contribution in [3.8, 4) is 0 Å². The molecular weight excluding hydrogens is 248 g/mol. The minimum Gasteiger partial charge on any atom is -0.468 e. The summed E-state index contributed by atoms with van der Waals surface area (Å²) < 4.78 is 4.55. The van der Waals surface area contributed by atoms with Gasteiger partial charge < -0.3 is 14.5 Å². The summed E-state index contributed by atoms with van der Waals surface area (Å²) in [6.45, 7) is 2.31. The van der Waals surface area contributed by atoms with Crippen LogP contribution in [0.25, 0.3) is 0 Å². The summed E-state index contributed by atoms with van der Waals surface area (Å²) in [7, 11) is 3.02. The Balaban J connectivity index is 2.59. The fourth-order valence-electron chi connectivity index (χ4n) is 1.46. The van der Waals surface area contributed by atoms with Gasteiger partial charge in [-0.25, -0.2) is 9.97 Å². The number of nitrogens with zero attached hydrogens (tertiary/aromatic N) is 4. The maximum Gasteiger partial charge on any atom is 0.325 e. The number of anilines is 1. The van der Waals surface area contributed by atoms with E-state index in [0.29, 0.717) is 12.5 Å². The molecule has 0 atom stereocenters. The topological polar surface area (TPSA) is 75.6 Å². The second-order valence-corrected chi connectivity index (χ2v) is 3.89. The number of methoxy groups -OCH3 is 1. The average molecular weight is 266 g/mol. The number of rotatable bonds is 6. The number of amides is 1. The van der Waals surface area contributed by atoms with Crippen molar-refractivity contribution in [2.45, 2.75) is 6.92 Å². The first-order chi connectivity index (χ1) is 9.08. The highest BCUT2D eigenvalue weighted by atomic mass is 16.5. The SMILES string of the molecule is CCN(CC(=O)OC)C(=O)CN(C)c1ncccn1. The number of hydrogen-bond donors (Lipinski definition) is 0. The van der Waals surface area contributed by atoms with E-state index in [2.05, 4.69) is 14.7 Å². The van der Waals surface area contributed by atoms with Crippen molar-refractivity contribution in [3.05, 3.63) is 18.5 Å². The van der Waals surface area contributed by atoms with Gasteiger partial charge in [0.05, 0.1) is 13.7 Å². The number of hydrogen-bond acceptors (Lipinski definition) is 6. The quantitative estimate of drug-likeness (QED) is 0.671. The van der Waals surface area contributed by atoms with Crippen LogP contribution in [0.3, 0.4) is 0 Å². The summed E-state index contributed by atoms with van der Waals surface area (Å²) in [6.07, 6.45) is 3.21. The fourth-order valence-corrected chi connectivity index (χ4v) is 1.46. The highest BCUT2D eigenvalue weighted by molar-refractivity contribution is 5.84. The Morgan fingerprint density at radius 1 is 1.26 bits per heavy atom. The molecule has 104 valence electrons. The summed E-state index contributed by atoms with van der Waals surface area (Å²) in [4.78, 5) is 34.4. The molecule has 0 N–H and O–H groups in total. The molecule has 0 fully saturated rings. The lowest BCUT2D eigenvalue weighted by molar-refractivity contribution is -0.146. The molecule has 19 heavy (non-hydrogen) atoms. The van der Waals surface area contributed by atoms with Crippen molar-refractivity contribution in [1.29, 1.82) is 0 Å². The third kappa shape index (κ3) is 4.53. The molecule has 1 heterocycles. The lowest BCUT2D eigenvalue weighted by atomic mass is 10.4. The maximum absolute atomic E-state index is 12.0. The van der Waals surface area contributed by atoms with Crippen LogP contribution in [0.2, 0.25) is 0 Å². The first kappa shape index (κ1) is 14.9. The van der Waals surface area contributed by atoms with Crippen molar-refractivity contribution in [2.24, 2.45) is 0 Å². The predicted octanol–water partition coefficient (Wildman–Crippen LogP) is -0.0657. The van der Waals surface area contributed by atoms with Gasteiger partial charge in [0.25, 0.3) is 0 Å². The second-order valence-electron chi connectivity index (χ2n) is 3.89. The smallest absolute Gasteiger partial charge is 0.325 e. The normalized spacial score (nSPS) is 9.84. The Morgan fingerprint density at radius 3 is 2.42 bits per heavy atom. The molecule has 0 saturated heterocycles. The zero-order valence-corrected chi connectivity index (χ0v) is 11.4. The molecule has 0 aromatic carbocycles. The van der Waals surface area contributed by atoms with E-state index in [0.717, 1.165) is 0 Å². The van der Waals surface area contributed by atoms with Crippen LogP contribution in [-0.4, -0.2) is 60.5 Å². The minimum absolute atomic E-state index is 0.0463. The standard InChI is InChI=1S/C12H18N4O3/c1-4-16(9-11(18)19-3)10(17)8-15(2)12-13-6-5-7-14-12/h5-7H,4,8-9H2,1-3H3. The molecule has 0 aliphatic rings. The molecular formula is C12H18N4O3. The van der Waals surface area contributed by atoms with Gasteiger partial charge in [0, 0.05) is 26.0 Å². The summed E-state index contributed by atoms with van der Waals surface area (Å²) in [6, 6.07) is 1.70. The molecule has 1 aromatic rings. The lowest BCUT2D eigenvalue weighted by Crippen LogP contribution is -2.42. The Labute approximate surface area is 112 Å². The molecule has 0 saturated carbocycles. The van der Waals surface area contributed by atoms with Crippen molar-refractivity contribution >= 4 is 17.8 Å². The molecule has 0 bridgehead atoms. The maximum atomic E-state index is 12.0. The molecule has 0 unspecified atom stereocenters. The van der Waals surface area contributed by atoms with Gasteiger partial charge in [-0.3, -0.25) is 9.59 Å². The Morgan fingerprint density at radius 2 is 1.89 bits per heavy atom. The summed E-state index contributed by atoms with van der Waals surface area (Å²) in [5, 5.41) is 0. The number of ether oxygens (including phenoxy) is 1. The van der Waals surface area contributed by atoms with Crippen LogP contribution in [0.5, 0.6) is 0 Å². The molecule has 7 nitrogen and oxygen atoms in total. The van der Waals surface area contributed by atoms with E-state index in [9.17, 15) is 9.59 Å². The van der Waals surface area contributed by atoms with E-state index < -0.39 is 5.97 Å². The largest absolute Gasteiger partial charge is 0.468 e. The van der Waals surface area contributed by atoms with Gasteiger partial charge in [0.2, 0.25) is 11.9 Å². The van der Waals surface area contributed by atoms with Gasteiger partial charge in [0.1, 0.15) is 6.54 Å². The Kier molecular flexibility index (Phi) is 5.72.